The van der Waals surface area contributed by atoms with Gasteiger partial charge in [-0.15, -0.1) is 0 Å². The topological polar surface area (TPSA) is 89.0 Å². The van der Waals surface area contributed by atoms with Crippen molar-refractivity contribution in [3.8, 4) is 5.75 Å². The highest BCUT2D eigenvalue weighted by atomic mass is 79.9. The fourth-order valence-corrected chi connectivity index (χ4v) is 6.26. The van der Waals surface area contributed by atoms with Gasteiger partial charge in [0.1, 0.15) is 17.4 Å². The van der Waals surface area contributed by atoms with Crippen LogP contribution in [-0.4, -0.2) is 90.0 Å². The van der Waals surface area contributed by atoms with Gasteiger partial charge in [-0.25, -0.2) is 9.37 Å². The van der Waals surface area contributed by atoms with Crippen LogP contribution in [0.1, 0.15) is 37.8 Å². The number of ether oxygens (including phenoxy) is 1. The average Bonchev–Trinajstić information content (AvgIpc) is 2.98. The Kier molecular flexibility index (Phi) is 10.3. The maximum absolute atomic E-state index is 14.1. The number of aromatic nitrogens is 2. The van der Waals surface area contributed by atoms with Crippen molar-refractivity contribution < 1.29 is 27.4 Å². The fourth-order valence-electron chi connectivity index (χ4n) is 5.97. The van der Waals surface area contributed by atoms with E-state index in [0.717, 1.165) is 63.4 Å². The summed E-state index contributed by atoms with van der Waals surface area (Å²) in [5, 5.41) is 16.7. The van der Waals surface area contributed by atoms with Crippen LogP contribution >= 0.6 is 15.9 Å². The van der Waals surface area contributed by atoms with Gasteiger partial charge in [-0.2, -0.15) is 18.2 Å². The summed E-state index contributed by atoms with van der Waals surface area (Å²) in [5.74, 6) is -0.161. The summed E-state index contributed by atoms with van der Waals surface area (Å²) >= 11 is 3.39. The number of aryl methyl sites for hydroxylation is 1. The van der Waals surface area contributed by atoms with Gasteiger partial charge in [0, 0.05) is 74.5 Å². The second-order valence-corrected chi connectivity index (χ2v) is 13.3. The van der Waals surface area contributed by atoms with Gasteiger partial charge in [-0.05, 0) is 80.4 Å². The first-order valence-electron chi connectivity index (χ1n) is 15.3. The van der Waals surface area contributed by atoms with E-state index < -0.39 is 24.2 Å². The number of aliphatic hydroxyl groups is 1. The molecule has 2 aliphatic rings. The molecule has 46 heavy (non-hydrogen) atoms. The summed E-state index contributed by atoms with van der Waals surface area (Å²) in [6.07, 6.45) is -1.12. The zero-order chi connectivity index (χ0) is 33.2. The molecule has 0 saturated carbocycles. The van der Waals surface area contributed by atoms with Crippen LogP contribution in [0.3, 0.4) is 0 Å². The van der Waals surface area contributed by atoms with Crippen LogP contribution in [0.2, 0.25) is 0 Å². The number of piperazine rings is 1. The molecule has 0 amide bonds. The first-order chi connectivity index (χ1) is 21.7. The molecule has 1 aromatic heterocycles. The first-order valence-corrected chi connectivity index (χ1v) is 16.1. The second-order valence-electron chi connectivity index (χ2n) is 12.5. The standard InChI is InChI=1S/C32H40BrF4N7O2/c1-20-15-26(40-30-38-18-24(33)29(41-30)39-25-16-21(34)5-6-23(25)31(2,3)45)28(46-19-32(35,36)37)17-27(20)44-9-7-22(8-10-44)43-13-11-42(4)12-14-43/h5-6,15-18,22,45H,7-14,19H2,1-4H3,(H2,38,39,40,41). The molecule has 0 radical (unpaired) electrons. The maximum Gasteiger partial charge on any atom is 0.422 e. The summed E-state index contributed by atoms with van der Waals surface area (Å²) in [4.78, 5) is 15.9. The molecule has 0 unspecified atom stereocenters. The Hall–Kier alpha value is -3.20. The summed E-state index contributed by atoms with van der Waals surface area (Å²) in [7, 11) is 2.14. The maximum atomic E-state index is 14.1. The number of benzene rings is 2. The molecule has 14 heteroatoms. The number of anilines is 5. The average molecular weight is 711 g/mol. The van der Waals surface area contributed by atoms with Gasteiger partial charge in [0.25, 0.3) is 0 Å². The molecular formula is C32H40BrF4N7O2. The minimum Gasteiger partial charge on any atom is -0.482 e. The lowest BCUT2D eigenvalue weighted by molar-refractivity contribution is -0.153. The third-order valence-electron chi connectivity index (χ3n) is 8.43. The van der Waals surface area contributed by atoms with Crippen molar-refractivity contribution in [3.63, 3.8) is 0 Å². The van der Waals surface area contributed by atoms with Gasteiger partial charge in [0.05, 0.1) is 15.8 Å². The van der Waals surface area contributed by atoms with E-state index in [4.69, 9.17) is 4.74 Å². The number of nitrogens with one attached hydrogen (secondary N) is 2. The van der Waals surface area contributed by atoms with Crippen molar-refractivity contribution >= 4 is 44.8 Å². The van der Waals surface area contributed by atoms with E-state index in [1.165, 1.54) is 24.4 Å². The van der Waals surface area contributed by atoms with E-state index in [9.17, 15) is 22.7 Å². The molecule has 0 spiro atoms. The van der Waals surface area contributed by atoms with Gasteiger partial charge in [0.15, 0.2) is 6.61 Å². The molecule has 3 aromatic rings. The Morgan fingerprint density at radius 2 is 1.70 bits per heavy atom. The lowest BCUT2D eigenvalue weighted by atomic mass is 9.96. The highest BCUT2D eigenvalue weighted by Crippen LogP contribution is 2.38. The number of nitrogens with zero attached hydrogens (tertiary/aromatic N) is 5. The van der Waals surface area contributed by atoms with E-state index in [1.54, 1.807) is 26.0 Å². The van der Waals surface area contributed by atoms with Crippen LogP contribution in [0.25, 0.3) is 0 Å². The molecule has 2 aliphatic heterocycles. The largest absolute Gasteiger partial charge is 0.482 e. The Morgan fingerprint density at radius 1 is 1.00 bits per heavy atom. The monoisotopic (exact) mass is 709 g/mol. The van der Waals surface area contributed by atoms with Crippen LogP contribution < -0.4 is 20.3 Å². The molecule has 0 bridgehead atoms. The number of hydrogen-bond donors (Lipinski definition) is 3. The number of piperidine rings is 1. The molecule has 0 aliphatic carbocycles. The van der Waals surface area contributed by atoms with Crippen LogP contribution in [-0.2, 0) is 5.60 Å². The molecule has 2 aromatic carbocycles. The quantitative estimate of drug-likeness (QED) is 0.214. The van der Waals surface area contributed by atoms with Crippen molar-refractivity contribution in [1.29, 1.82) is 0 Å². The predicted octanol–water partition coefficient (Wildman–Crippen LogP) is 6.56. The molecule has 250 valence electrons. The second kappa shape index (κ2) is 13.9. The summed E-state index contributed by atoms with van der Waals surface area (Å²) in [6, 6.07) is 7.87. The molecule has 2 fully saturated rings. The first kappa shape index (κ1) is 34.1. The predicted molar refractivity (Wildman–Crippen MR) is 175 cm³/mol. The summed E-state index contributed by atoms with van der Waals surface area (Å²) in [6.45, 7) is 9.42. The number of hydrogen-bond acceptors (Lipinski definition) is 9. The van der Waals surface area contributed by atoms with E-state index in [2.05, 4.69) is 58.3 Å². The third kappa shape index (κ3) is 8.58. The molecule has 0 atom stereocenters. The molecule has 9 nitrogen and oxygen atoms in total. The normalized spacial score (nSPS) is 17.3. The van der Waals surface area contributed by atoms with Crippen LogP contribution in [0, 0.1) is 12.7 Å². The number of halogens is 5. The van der Waals surface area contributed by atoms with E-state index >= 15 is 0 Å². The van der Waals surface area contributed by atoms with Crippen molar-refractivity contribution in [2.45, 2.75) is 51.4 Å². The van der Waals surface area contributed by atoms with Gasteiger partial charge in [0.2, 0.25) is 5.95 Å². The lowest BCUT2D eigenvalue weighted by Crippen LogP contribution is -2.52. The minimum absolute atomic E-state index is 0.0228. The fraction of sp³-hybridized carbons (Fsp3) is 0.500. The zero-order valence-electron chi connectivity index (χ0n) is 26.4. The van der Waals surface area contributed by atoms with Crippen molar-refractivity contribution in [3.05, 3.63) is 57.9 Å². The van der Waals surface area contributed by atoms with E-state index in [-0.39, 0.29) is 23.2 Å². The smallest absolute Gasteiger partial charge is 0.422 e. The van der Waals surface area contributed by atoms with Gasteiger partial charge in [-0.3, -0.25) is 4.90 Å². The minimum atomic E-state index is -4.53. The number of rotatable bonds is 9. The lowest BCUT2D eigenvalue weighted by Gasteiger charge is -2.43. The highest BCUT2D eigenvalue weighted by Gasteiger charge is 2.31. The number of alkyl halides is 3. The van der Waals surface area contributed by atoms with Gasteiger partial charge in [-0.1, -0.05) is 6.07 Å². The Morgan fingerprint density at radius 3 is 2.35 bits per heavy atom. The zero-order valence-corrected chi connectivity index (χ0v) is 28.0. The Labute approximate surface area is 275 Å². The summed E-state index contributed by atoms with van der Waals surface area (Å²) < 4.78 is 59.8. The molecular weight excluding hydrogens is 670 g/mol. The van der Waals surface area contributed by atoms with Crippen LogP contribution in [0.15, 0.2) is 41.0 Å². The molecule has 5 rings (SSSR count). The van der Waals surface area contributed by atoms with Crippen LogP contribution in [0.4, 0.5) is 46.4 Å². The van der Waals surface area contributed by atoms with Crippen molar-refractivity contribution in [1.82, 2.24) is 19.8 Å². The molecule has 3 heterocycles. The Bertz CT molecular complexity index is 1520. The van der Waals surface area contributed by atoms with E-state index in [0.29, 0.717) is 21.8 Å². The molecule has 3 N–H and O–H groups in total. The van der Waals surface area contributed by atoms with Crippen LogP contribution in [0.5, 0.6) is 5.75 Å². The van der Waals surface area contributed by atoms with E-state index in [1.807, 2.05) is 6.92 Å². The Balaban J connectivity index is 1.38. The SMILES string of the molecule is Cc1cc(Nc2ncc(Br)c(Nc3cc(F)ccc3C(C)(C)O)n2)c(OCC(F)(F)F)cc1N1CCC(N2CCN(C)CC2)CC1. The third-order valence-corrected chi connectivity index (χ3v) is 9.01. The van der Waals surface area contributed by atoms with Gasteiger partial charge < -0.3 is 30.3 Å². The molecule has 2 saturated heterocycles. The van der Waals surface area contributed by atoms with Gasteiger partial charge >= 0.3 is 6.18 Å². The van der Waals surface area contributed by atoms with Crippen molar-refractivity contribution in [2.75, 3.05) is 68.5 Å². The van der Waals surface area contributed by atoms with Crippen molar-refractivity contribution in [2.24, 2.45) is 0 Å². The summed E-state index contributed by atoms with van der Waals surface area (Å²) in [5.41, 5.74) is 1.42. The number of likely N-dealkylation sites (N-methyl/N-ethyl adjacent to an activating group) is 1. The highest BCUT2D eigenvalue weighted by molar-refractivity contribution is 9.10.